The van der Waals surface area contributed by atoms with E-state index in [2.05, 4.69) is 25.6 Å². The minimum atomic E-state index is -4.98. The van der Waals surface area contributed by atoms with Crippen molar-refractivity contribution in [2.45, 2.75) is 81.4 Å². The van der Waals surface area contributed by atoms with Gasteiger partial charge in [0.05, 0.1) is 33.1 Å². The van der Waals surface area contributed by atoms with E-state index >= 15 is 12.8 Å². The van der Waals surface area contributed by atoms with Gasteiger partial charge in [0.1, 0.15) is 56.0 Å². The molecule has 1 aliphatic heterocycles. The molecule has 21 heteroatoms. The molecule has 3 atom stereocenters. The number of rotatable bonds is 19. The number of nitrogens with one attached hydrogen (secondary N) is 3. The Morgan fingerprint density at radius 3 is 1.94 bits per heavy atom. The first-order valence-corrected chi connectivity index (χ1v) is 24.1. The summed E-state index contributed by atoms with van der Waals surface area (Å²) in [6.45, 7) is 5.56. The molecule has 1 aromatic heterocycles. The Morgan fingerprint density at radius 1 is 0.879 bits per heavy atom. The van der Waals surface area contributed by atoms with Crippen LogP contribution in [0.4, 0.5) is 14.9 Å². The number of hydrogen-bond donors (Lipinski definition) is 4. The minimum absolute atomic E-state index is 0.0547. The third-order valence-corrected chi connectivity index (χ3v) is 14.4. The van der Waals surface area contributed by atoms with E-state index in [1.807, 2.05) is 0 Å². The quantitative estimate of drug-likeness (QED) is 0.0836. The molecule has 0 radical (unpaired) electrons. The van der Waals surface area contributed by atoms with Crippen molar-refractivity contribution in [3.8, 4) is 28.6 Å². The Balaban J connectivity index is 1.56. The van der Waals surface area contributed by atoms with E-state index in [1.54, 1.807) is 105 Å². The average molecular weight is 954 g/mol. The molecular formula is C45H58FN8O10S2+. The number of aliphatic hydroxyl groups is 1. The summed E-state index contributed by atoms with van der Waals surface area (Å²) >= 11 is 0. The Labute approximate surface area is 385 Å². The van der Waals surface area contributed by atoms with Crippen LogP contribution in [0, 0.1) is 5.92 Å². The fourth-order valence-corrected chi connectivity index (χ4v) is 10.7. The number of halogens is 1. The number of methoxy groups -OCH3 is 3. The number of H-pyrrole nitrogens is 1. The van der Waals surface area contributed by atoms with Crippen LogP contribution in [0.15, 0.2) is 94.7 Å². The second-order valence-corrected chi connectivity index (χ2v) is 20.5. The third kappa shape index (κ3) is 12.3. The molecule has 66 heavy (non-hydrogen) atoms. The topological polar surface area (TPSA) is 218 Å². The first-order chi connectivity index (χ1) is 31.3. The van der Waals surface area contributed by atoms with Crippen molar-refractivity contribution in [3.63, 3.8) is 0 Å². The second kappa shape index (κ2) is 21.2. The van der Waals surface area contributed by atoms with Crippen molar-refractivity contribution in [2.24, 2.45) is 5.92 Å². The number of aromatic amines is 1. The largest absolute Gasteiger partial charge is 0.497 e. The van der Waals surface area contributed by atoms with Crippen molar-refractivity contribution < 1.29 is 54.8 Å². The van der Waals surface area contributed by atoms with Crippen LogP contribution >= 0.6 is 0 Å². The van der Waals surface area contributed by atoms with Gasteiger partial charge in [0.25, 0.3) is 0 Å². The van der Waals surface area contributed by atoms with E-state index < -0.39 is 66.9 Å². The van der Waals surface area contributed by atoms with Gasteiger partial charge in [-0.05, 0) is 98.3 Å². The number of nitrogens with zero attached hydrogens (tertiary/aromatic N) is 5. The van der Waals surface area contributed by atoms with E-state index in [9.17, 15) is 18.3 Å². The van der Waals surface area contributed by atoms with Crippen LogP contribution in [0.5, 0.6) is 17.2 Å². The van der Waals surface area contributed by atoms with Crippen LogP contribution in [0.1, 0.15) is 50.8 Å². The molecule has 2 heterocycles. The highest BCUT2D eigenvalue weighted by Gasteiger charge is 2.42. The third-order valence-electron chi connectivity index (χ3n) is 10.9. The molecular weight excluding hydrogens is 896 g/mol. The van der Waals surface area contributed by atoms with Crippen LogP contribution in [-0.2, 0) is 44.4 Å². The van der Waals surface area contributed by atoms with Gasteiger partial charge in [0.15, 0.2) is 5.21 Å². The summed E-state index contributed by atoms with van der Waals surface area (Å²) in [7, 11) is -5.28. The molecule has 6 rings (SSSR count). The number of ether oxygens (including phenoxy) is 4. The van der Waals surface area contributed by atoms with Crippen LogP contribution in [-0.4, -0.2) is 113 Å². The highest BCUT2D eigenvalue weighted by atomic mass is 32.2. The molecule has 4 aromatic carbocycles. The second-order valence-electron chi connectivity index (χ2n) is 16.9. The lowest BCUT2D eigenvalue weighted by molar-refractivity contribution is -0.736. The maximum absolute atomic E-state index is 16.0. The molecule has 0 bridgehead atoms. The average Bonchev–Trinajstić information content (AvgIpc) is 3.75. The van der Waals surface area contributed by atoms with Gasteiger partial charge in [-0.25, -0.2) is 30.7 Å². The molecule has 4 N–H and O–H groups in total. The number of alkyl halides is 1. The standard InChI is InChI=1S/C45H57FN8O10S2/c1-30-22-23-52(29-38(30)46)39-20-21-40(65(57,58)48-25-34(55)24-47-44(56)64-45(2,3)4)42(41(39)43-49-50-51-54(43)28-33-12-18-37(63-7)19-13-33)66(59,60)53(26-31-8-14-35(61-5)15-9-31)27-32-10-16-36(62-6)17-11-32/h8-21,30,34,38,48,55H,22-29H2,1-7H3,(H,47,56)/p+1/t30-,34-,38+/m1/s1. The Hall–Kier alpha value is -5.87. The van der Waals surface area contributed by atoms with Gasteiger partial charge >= 0.3 is 11.9 Å². The van der Waals surface area contributed by atoms with E-state index in [0.717, 1.165) is 15.9 Å². The molecule has 1 fully saturated rings. The number of sulfonamides is 2. The number of piperidine rings is 1. The Kier molecular flexibility index (Phi) is 15.9. The van der Waals surface area contributed by atoms with Crippen molar-refractivity contribution in [2.75, 3.05) is 52.4 Å². The summed E-state index contributed by atoms with van der Waals surface area (Å²) < 4.78 is 104. The molecule has 0 saturated carbocycles. The maximum Gasteiger partial charge on any atom is 0.407 e. The van der Waals surface area contributed by atoms with E-state index in [4.69, 9.17) is 18.9 Å². The lowest BCUT2D eigenvalue weighted by Gasteiger charge is -2.36. The van der Waals surface area contributed by atoms with E-state index in [-0.39, 0.29) is 49.2 Å². The number of benzene rings is 4. The van der Waals surface area contributed by atoms with Crippen molar-refractivity contribution in [1.82, 2.24) is 29.9 Å². The lowest BCUT2D eigenvalue weighted by Crippen LogP contribution is -2.43. The highest BCUT2D eigenvalue weighted by Crippen LogP contribution is 2.42. The molecule has 5 aromatic rings. The van der Waals surface area contributed by atoms with Crippen LogP contribution in [0.2, 0.25) is 0 Å². The Bertz CT molecular complexity index is 2600. The molecule has 1 aliphatic rings. The zero-order valence-corrected chi connectivity index (χ0v) is 39.7. The summed E-state index contributed by atoms with van der Waals surface area (Å²) in [4.78, 5) is 12.7. The summed E-state index contributed by atoms with van der Waals surface area (Å²) in [6.07, 6.45) is -3.17. The summed E-state index contributed by atoms with van der Waals surface area (Å²) in [5, 5.41) is 24.6. The number of amides is 1. The zero-order valence-electron chi connectivity index (χ0n) is 38.0. The maximum atomic E-state index is 16.0. The summed E-state index contributed by atoms with van der Waals surface area (Å²) in [6, 6.07) is 23.3. The molecule has 0 unspecified atom stereocenters. The van der Waals surface area contributed by atoms with Gasteiger partial charge < -0.3 is 34.3 Å². The first kappa shape index (κ1) is 49.6. The molecule has 1 amide bonds. The number of carbonyl (C=O) groups is 1. The fraction of sp³-hybridized carbons (Fsp3) is 0.422. The predicted molar refractivity (Wildman–Crippen MR) is 243 cm³/mol. The van der Waals surface area contributed by atoms with Gasteiger partial charge in [-0.3, -0.25) is 0 Å². The lowest BCUT2D eigenvalue weighted by atomic mass is 9.96. The number of aromatic nitrogens is 4. The number of carbonyl (C=O) groups excluding carboxylic acids is 1. The van der Waals surface area contributed by atoms with E-state index in [1.165, 1.54) is 32.1 Å². The fourth-order valence-electron chi connectivity index (χ4n) is 7.27. The smallest absolute Gasteiger partial charge is 0.407 e. The van der Waals surface area contributed by atoms with Crippen LogP contribution in [0.25, 0.3) is 11.4 Å². The minimum Gasteiger partial charge on any atom is -0.497 e. The molecule has 1 saturated heterocycles. The van der Waals surface area contributed by atoms with Crippen LogP contribution < -0.4 is 33.8 Å². The molecule has 0 aliphatic carbocycles. The molecule has 18 nitrogen and oxygen atoms in total. The molecule has 356 valence electrons. The number of alkyl carbamates (subject to hydrolysis) is 1. The van der Waals surface area contributed by atoms with Gasteiger partial charge in [-0.15, -0.1) is 0 Å². The van der Waals surface area contributed by atoms with Crippen molar-refractivity contribution in [3.05, 3.63) is 102 Å². The number of hydrogen-bond acceptors (Lipinski definition) is 13. The van der Waals surface area contributed by atoms with Gasteiger partial charge in [0, 0.05) is 39.3 Å². The van der Waals surface area contributed by atoms with Crippen molar-refractivity contribution in [1.29, 1.82) is 0 Å². The number of aliphatic hydroxyl groups excluding tert-OH is 1. The Morgan fingerprint density at radius 2 is 1.42 bits per heavy atom. The highest BCUT2D eigenvalue weighted by molar-refractivity contribution is 7.92. The monoisotopic (exact) mass is 953 g/mol. The summed E-state index contributed by atoms with van der Waals surface area (Å²) in [5.74, 6) is 1.34. The zero-order chi connectivity index (χ0) is 47.8. The number of anilines is 1. The van der Waals surface area contributed by atoms with Gasteiger partial charge in [0.2, 0.25) is 20.0 Å². The first-order valence-electron chi connectivity index (χ1n) is 21.2. The number of tetrazole rings is 1. The van der Waals surface area contributed by atoms with Gasteiger partial charge in [-0.1, -0.05) is 48.5 Å². The van der Waals surface area contributed by atoms with Crippen LogP contribution in [0.3, 0.4) is 0 Å². The summed E-state index contributed by atoms with van der Waals surface area (Å²) in [5.41, 5.74) is 1.06. The van der Waals surface area contributed by atoms with E-state index in [0.29, 0.717) is 41.3 Å². The SMILES string of the molecule is COc1ccc(CN(Cc2ccc(OC)cc2)S(=O)(=O)c2c(S(=O)(=O)NC[C@H](O)CNC(=O)OC(C)(C)C)ccc(N3CC[C@@H](C)[C@@H](F)C3)c2-c2nn[nH][n+]2Cc2ccc(OC)cc2)cc1. The normalized spacial score (nSPS) is 16.2. The van der Waals surface area contributed by atoms with Crippen molar-refractivity contribution >= 4 is 31.8 Å². The molecule has 0 spiro atoms. The predicted octanol–water partition coefficient (Wildman–Crippen LogP) is 4.57. The van der Waals surface area contributed by atoms with Gasteiger partial charge in [-0.2, -0.15) is 8.99 Å².